The van der Waals surface area contributed by atoms with Gasteiger partial charge in [0.2, 0.25) is 18.2 Å². The first-order valence-electron chi connectivity index (χ1n) is 13.0. The van der Waals surface area contributed by atoms with Gasteiger partial charge in [-0.3, -0.25) is 4.90 Å². The minimum Gasteiger partial charge on any atom is -0.347 e. The Labute approximate surface area is 216 Å². The van der Waals surface area contributed by atoms with Gasteiger partial charge in [0, 0.05) is 42.6 Å². The van der Waals surface area contributed by atoms with Gasteiger partial charge in [0.15, 0.2) is 0 Å². The molecule has 2 aliphatic rings. The Morgan fingerprint density at radius 3 is 2.62 bits per heavy atom. The summed E-state index contributed by atoms with van der Waals surface area (Å²) in [5, 5.41) is 11.9. The highest BCUT2D eigenvalue weighted by molar-refractivity contribution is 5.85. The maximum absolute atomic E-state index is 15.0. The van der Waals surface area contributed by atoms with Gasteiger partial charge in [0.05, 0.1) is 17.3 Å². The molecule has 37 heavy (non-hydrogen) atoms. The Kier molecular flexibility index (Phi) is 7.87. The third-order valence-corrected chi connectivity index (χ3v) is 6.43. The third kappa shape index (κ3) is 5.95. The molecule has 3 aromatic rings. The third-order valence-electron chi connectivity index (χ3n) is 6.43. The maximum atomic E-state index is 15.0. The number of alkyl halides is 3. The Morgan fingerprint density at radius 2 is 1.95 bits per heavy atom. The van der Waals surface area contributed by atoms with Crippen LogP contribution in [0.25, 0.3) is 16.6 Å². The van der Waals surface area contributed by atoms with Gasteiger partial charge in [-0.2, -0.15) is 0 Å². The van der Waals surface area contributed by atoms with Crippen LogP contribution in [0.5, 0.6) is 0 Å². The Morgan fingerprint density at radius 1 is 1.19 bits per heavy atom. The van der Waals surface area contributed by atoms with Crippen molar-refractivity contribution in [3.8, 4) is 11.1 Å². The molecule has 0 saturated carbocycles. The SMILES string of the molecule is CC.Cc1nc(NC2CCN(CC(C)(C)C)CC2F)nn2ccc(-c3ccc4c(c3)[N+](CC(F)F)=N4)c12. The number of benzene rings is 1. The molecule has 4 heterocycles. The Bertz CT molecular complexity index is 1280. The first-order chi connectivity index (χ1) is 17.6. The number of anilines is 1. The highest BCUT2D eigenvalue weighted by Crippen LogP contribution is 2.41. The van der Waals surface area contributed by atoms with E-state index in [0.29, 0.717) is 30.3 Å². The number of nitrogens with zero attached hydrogens (tertiary/aromatic N) is 6. The molecule has 0 radical (unpaired) electrons. The molecular formula is C27H37F3N7+. The van der Waals surface area contributed by atoms with Gasteiger partial charge < -0.3 is 5.32 Å². The van der Waals surface area contributed by atoms with E-state index >= 15 is 0 Å². The normalized spacial score (nSPS) is 19.7. The number of halogens is 3. The van der Waals surface area contributed by atoms with E-state index in [1.807, 2.05) is 51.2 Å². The fourth-order valence-corrected chi connectivity index (χ4v) is 5.00. The molecule has 1 aromatic carbocycles. The molecule has 10 heteroatoms. The number of likely N-dealkylation sites (tertiary alicyclic amines) is 1. The summed E-state index contributed by atoms with van der Waals surface area (Å²) in [5.41, 5.74) is 4.87. The van der Waals surface area contributed by atoms with E-state index in [0.717, 1.165) is 35.4 Å². The number of piperidine rings is 1. The number of aryl methyl sites for hydroxylation is 1. The first-order valence-corrected chi connectivity index (χ1v) is 13.0. The predicted octanol–water partition coefficient (Wildman–Crippen LogP) is 6.61. The molecule has 2 aliphatic heterocycles. The van der Waals surface area contributed by atoms with E-state index in [9.17, 15) is 13.2 Å². The lowest BCUT2D eigenvalue weighted by Gasteiger charge is -2.38. The van der Waals surface area contributed by atoms with Gasteiger partial charge in [-0.05, 0) is 36.5 Å². The fraction of sp³-hybridized carbons (Fsp3) is 0.556. The summed E-state index contributed by atoms with van der Waals surface area (Å²) in [6, 6.07) is 7.21. The molecule has 5 rings (SSSR count). The lowest BCUT2D eigenvalue weighted by molar-refractivity contribution is -0.536. The first kappa shape index (κ1) is 27.0. The van der Waals surface area contributed by atoms with Gasteiger partial charge in [-0.15, -0.1) is 5.10 Å². The molecule has 0 bridgehead atoms. The van der Waals surface area contributed by atoms with Crippen molar-refractivity contribution in [2.75, 3.05) is 31.5 Å². The van der Waals surface area contributed by atoms with Crippen LogP contribution < -0.4 is 5.32 Å². The number of aromatic nitrogens is 3. The molecule has 2 aromatic heterocycles. The van der Waals surface area contributed by atoms with Crippen molar-refractivity contribution in [3.05, 3.63) is 36.2 Å². The zero-order valence-electron chi connectivity index (χ0n) is 22.5. The molecule has 2 unspecified atom stereocenters. The molecule has 0 amide bonds. The second kappa shape index (κ2) is 10.8. The molecule has 2 atom stereocenters. The van der Waals surface area contributed by atoms with Gasteiger partial charge in [0.1, 0.15) is 6.17 Å². The van der Waals surface area contributed by atoms with Crippen molar-refractivity contribution in [2.45, 2.75) is 66.6 Å². The van der Waals surface area contributed by atoms with E-state index in [-0.39, 0.29) is 11.5 Å². The Balaban J connectivity index is 0.00000156. The van der Waals surface area contributed by atoms with Crippen LogP contribution in [0, 0.1) is 12.3 Å². The van der Waals surface area contributed by atoms with E-state index in [2.05, 4.69) is 46.2 Å². The average molecular weight is 517 g/mol. The largest absolute Gasteiger partial charge is 0.347 e. The van der Waals surface area contributed by atoms with Crippen molar-refractivity contribution >= 4 is 22.8 Å². The monoisotopic (exact) mass is 516 g/mol. The summed E-state index contributed by atoms with van der Waals surface area (Å²) in [4.78, 5) is 6.80. The van der Waals surface area contributed by atoms with Crippen molar-refractivity contribution in [3.63, 3.8) is 0 Å². The van der Waals surface area contributed by atoms with Crippen molar-refractivity contribution in [2.24, 2.45) is 10.5 Å². The van der Waals surface area contributed by atoms with Crippen molar-refractivity contribution < 1.29 is 17.9 Å². The zero-order chi connectivity index (χ0) is 26.9. The summed E-state index contributed by atoms with van der Waals surface area (Å²) in [7, 11) is 0. The summed E-state index contributed by atoms with van der Waals surface area (Å²) in [6.45, 7) is 14.1. The highest BCUT2D eigenvalue weighted by atomic mass is 19.3. The smallest absolute Gasteiger partial charge is 0.298 e. The lowest BCUT2D eigenvalue weighted by atomic mass is 9.94. The number of hydrogen-bond donors (Lipinski definition) is 1. The quantitative estimate of drug-likeness (QED) is 0.375. The number of hydrogen-bond acceptors (Lipinski definition) is 5. The van der Waals surface area contributed by atoms with Gasteiger partial charge >= 0.3 is 0 Å². The molecular weight excluding hydrogens is 479 g/mol. The Hall–Kier alpha value is -3.01. The summed E-state index contributed by atoms with van der Waals surface area (Å²) < 4.78 is 43.6. The van der Waals surface area contributed by atoms with Crippen LogP contribution >= 0.6 is 0 Å². The topological polar surface area (TPSA) is 60.8 Å². The number of nitrogens with one attached hydrogen (secondary N) is 1. The molecule has 1 saturated heterocycles. The van der Waals surface area contributed by atoms with Gasteiger partial charge in [-0.1, -0.05) is 45.4 Å². The molecule has 0 aliphatic carbocycles. The standard InChI is InChI=1S/C25H31F3N7.C2H6/c1-15-23-17(16-5-6-20-21(11-16)35(31-20)13-22(27)28)7-10-34(23)32-24(29-15)30-19-8-9-33(12-18(19)26)14-25(2,3)4;1-2/h5-7,10-11,18-19,22H,8-9,12-14H2,1-4H3,(H,29,30,32);1-2H3/q+1;. The number of azo groups is 2. The highest BCUT2D eigenvalue weighted by Gasteiger charge is 2.33. The fourth-order valence-electron chi connectivity index (χ4n) is 5.00. The minimum absolute atomic E-state index is 0.132. The zero-order valence-corrected chi connectivity index (χ0v) is 22.5. The van der Waals surface area contributed by atoms with Crippen LogP contribution in [0.15, 0.2) is 35.6 Å². The van der Waals surface area contributed by atoms with Crippen LogP contribution in [0.1, 0.15) is 46.7 Å². The van der Waals surface area contributed by atoms with E-state index in [4.69, 9.17) is 0 Å². The summed E-state index contributed by atoms with van der Waals surface area (Å²) in [5.74, 6) is 0.396. The van der Waals surface area contributed by atoms with Crippen molar-refractivity contribution in [1.82, 2.24) is 19.5 Å². The van der Waals surface area contributed by atoms with Crippen LogP contribution in [-0.2, 0) is 0 Å². The number of rotatable bonds is 6. The predicted molar refractivity (Wildman–Crippen MR) is 140 cm³/mol. The van der Waals surface area contributed by atoms with Crippen LogP contribution in [0.4, 0.5) is 30.5 Å². The molecule has 200 valence electrons. The summed E-state index contributed by atoms with van der Waals surface area (Å²) in [6.07, 6.45) is -0.939. The average Bonchev–Trinajstić information content (AvgIpc) is 3.24. The van der Waals surface area contributed by atoms with E-state index < -0.39 is 19.1 Å². The lowest BCUT2D eigenvalue weighted by Crippen LogP contribution is -2.50. The van der Waals surface area contributed by atoms with Gasteiger partial charge in [0.25, 0.3) is 12.1 Å². The number of fused-ring (bicyclic) bond motifs is 2. The second-order valence-corrected chi connectivity index (χ2v) is 10.7. The molecule has 1 fully saturated rings. The minimum atomic E-state index is -2.46. The van der Waals surface area contributed by atoms with Gasteiger partial charge in [-0.25, -0.2) is 22.7 Å². The molecule has 1 N–H and O–H groups in total. The van der Waals surface area contributed by atoms with Crippen molar-refractivity contribution in [1.29, 1.82) is 0 Å². The molecule has 7 nitrogen and oxygen atoms in total. The van der Waals surface area contributed by atoms with Crippen LogP contribution in [0.2, 0.25) is 0 Å². The van der Waals surface area contributed by atoms with E-state index in [1.54, 1.807) is 4.52 Å². The summed E-state index contributed by atoms with van der Waals surface area (Å²) >= 11 is 0. The van der Waals surface area contributed by atoms with Crippen LogP contribution in [0.3, 0.4) is 0 Å². The molecule has 0 spiro atoms. The van der Waals surface area contributed by atoms with Crippen LogP contribution in [-0.4, -0.2) is 69.0 Å². The second-order valence-electron chi connectivity index (χ2n) is 10.7. The maximum Gasteiger partial charge on any atom is 0.298 e. The van der Waals surface area contributed by atoms with E-state index in [1.165, 1.54) is 4.70 Å².